The van der Waals surface area contributed by atoms with Crippen LogP contribution < -0.4 is 4.74 Å². The lowest BCUT2D eigenvalue weighted by atomic mass is 9.98. The molecule has 5 nitrogen and oxygen atoms in total. The summed E-state index contributed by atoms with van der Waals surface area (Å²) in [7, 11) is 0. The van der Waals surface area contributed by atoms with Crippen molar-refractivity contribution in [3.63, 3.8) is 0 Å². The highest BCUT2D eigenvalue weighted by molar-refractivity contribution is 14.1. The summed E-state index contributed by atoms with van der Waals surface area (Å²) in [6.45, 7) is 7.74. The van der Waals surface area contributed by atoms with Crippen LogP contribution in [0.5, 0.6) is 5.75 Å². The van der Waals surface area contributed by atoms with Gasteiger partial charge in [0.15, 0.2) is 5.78 Å². The molecule has 0 fully saturated rings. The van der Waals surface area contributed by atoms with E-state index in [1.807, 2.05) is 50.2 Å². The van der Waals surface area contributed by atoms with Gasteiger partial charge in [-0.3, -0.25) is 4.79 Å². The van der Waals surface area contributed by atoms with Crippen molar-refractivity contribution in [2.45, 2.75) is 40.0 Å². The topological polar surface area (TPSA) is 62.5 Å². The molecule has 0 saturated carbocycles. The average Bonchev–Trinajstić information content (AvgIpc) is 3.16. The maximum Gasteiger partial charge on any atom is 0.197 e. The van der Waals surface area contributed by atoms with Crippen LogP contribution in [0.25, 0.3) is 11.0 Å². The zero-order valence-electron chi connectivity index (χ0n) is 18.7. The molecule has 0 atom stereocenters. The highest BCUT2D eigenvalue weighted by Crippen LogP contribution is 2.33. The number of ether oxygens (including phenoxy) is 1. The fraction of sp³-hybridized carbons (Fsp3) is 0.400. The second-order valence-electron chi connectivity index (χ2n) is 7.86. The minimum atomic E-state index is -0.266. The number of aryl methyl sites for hydroxylation is 1. The van der Waals surface area contributed by atoms with Gasteiger partial charge in [-0.05, 0) is 83.6 Å². The van der Waals surface area contributed by atoms with E-state index in [-0.39, 0.29) is 10.4 Å². The summed E-state index contributed by atoms with van der Waals surface area (Å²) in [6, 6.07) is 11.4. The molecule has 0 aliphatic carbocycles. The molecule has 1 heterocycles. The Kier molecular flexibility index (Phi) is 8.99. The summed E-state index contributed by atoms with van der Waals surface area (Å²) in [5, 5.41) is 13.3. The number of benzene rings is 2. The molecule has 0 amide bonds. The van der Waals surface area contributed by atoms with Gasteiger partial charge in [0.1, 0.15) is 30.2 Å². The lowest BCUT2D eigenvalue weighted by Gasteiger charge is -2.40. The number of likely N-dealkylation sites (N-methyl/N-ethyl adjacent to an activating group) is 1. The van der Waals surface area contributed by atoms with Crippen molar-refractivity contribution < 1.29 is 18.6 Å². The van der Waals surface area contributed by atoms with Gasteiger partial charge in [0.25, 0.3) is 0 Å². The zero-order chi connectivity index (χ0) is 23.3. The molecule has 32 heavy (non-hydrogen) atoms. The Labute approximate surface area is 216 Å². The fourth-order valence-electron chi connectivity index (χ4n) is 3.69. The molecule has 0 spiro atoms. The van der Waals surface area contributed by atoms with Crippen molar-refractivity contribution >= 4 is 61.9 Å². The molecule has 3 aromatic rings. The van der Waals surface area contributed by atoms with Gasteiger partial charge in [-0.15, -0.1) is 0 Å². The predicted octanol–water partition coefficient (Wildman–Crippen LogP) is 6.95. The number of quaternary nitrogens is 1. The molecule has 172 valence electrons. The summed E-state index contributed by atoms with van der Waals surface area (Å²) in [4.78, 5) is 13.6. The van der Waals surface area contributed by atoms with Crippen molar-refractivity contribution in [3.8, 4) is 5.75 Å². The Bertz CT molecular complexity index is 1070. The first-order chi connectivity index (χ1) is 15.3. The van der Waals surface area contributed by atoms with Crippen LogP contribution in [0.1, 0.15) is 55.3 Å². The van der Waals surface area contributed by atoms with Crippen LogP contribution in [0.2, 0.25) is 0 Å². The number of carbonyl (C=O) groups is 1. The molecule has 0 aliphatic heterocycles. The van der Waals surface area contributed by atoms with Gasteiger partial charge in [0.05, 0.1) is 25.8 Å². The van der Waals surface area contributed by atoms with Crippen LogP contribution in [0, 0.1) is 12.3 Å². The molecule has 0 saturated heterocycles. The number of fused-ring (bicyclic) bond motifs is 1. The molecule has 0 radical (unpaired) electrons. The zero-order valence-corrected chi connectivity index (χ0v) is 23.1. The lowest BCUT2D eigenvalue weighted by Crippen LogP contribution is -2.44. The SMILES string of the molecule is CCCCc1oc2ccccc2c1C(=O)c1cc(I)c(OCC[N+]([O-])(CC)CC)c(I)c1. The Morgan fingerprint density at radius 1 is 1.09 bits per heavy atom. The monoisotopic (exact) mass is 661 g/mol. The van der Waals surface area contributed by atoms with E-state index in [0.717, 1.165) is 48.9 Å². The van der Waals surface area contributed by atoms with E-state index >= 15 is 0 Å². The van der Waals surface area contributed by atoms with Gasteiger partial charge >= 0.3 is 0 Å². The van der Waals surface area contributed by atoms with Gasteiger partial charge in [-0.2, -0.15) is 0 Å². The number of unbranched alkanes of at least 4 members (excludes halogenated alkanes) is 1. The number of hydrogen-bond acceptors (Lipinski definition) is 4. The van der Waals surface area contributed by atoms with Crippen molar-refractivity contribution in [2.75, 3.05) is 26.2 Å². The second kappa shape index (κ2) is 11.3. The Morgan fingerprint density at radius 2 is 1.75 bits per heavy atom. The third kappa shape index (κ3) is 5.66. The molecule has 0 aliphatic rings. The van der Waals surface area contributed by atoms with E-state index in [1.165, 1.54) is 0 Å². The number of nitrogens with zero attached hydrogens (tertiary/aromatic N) is 1. The molecule has 0 N–H and O–H groups in total. The summed E-state index contributed by atoms with van der Waals surface area (Å²) in [5.41, 5.74) is 2.03. The van der Waals surface area contributed by atoms with Gasteiger partial charge in [-0.1, -0.05) is 31.5 Å². The Balaban J connectivity index is 1.89. The molecule has 0 unspecified atom stereocenters. The first-order valence-corrected chi connectivity index (χ1v) is 13.2. The van der Waals surface area contributed by atoms with E-state index in [9.17, 15) is 10.0 Å². The second-order valence-corrected chi connectivity index (χ2v) is 10.2. The molecule has 2 aromatic carbocycles. The first-order valence-electron chi connectivity index (χ1n) is 11.1. The number of para-hydroxylation sites is 1. The van der Waals surface area contributed by atoms with Crippen LogP contribution in [-0.4, -0.2) is 36.7 Å². The number of carbonyl (C=O) groups excluding carboxylic acids is 1. The smallest absolute Gasteiger partial charge is 0.197 e. The normalized spacial score (nSPS) is 11.8. The average molecular weight is 661 g/mol. The molecular weight excluding hydrogens is 632 g/mol. The quantitative estimate of drug-likeness (QED) is 0.0967. The Morgan fingerprint density at radius 3 is 2.38 bits per heavy atom. The largest absolute Gasteiger partial charge is 0.633 e. The number of hydroxylamine groups is 3. The van der Waals surface area contributed by atoms with E-state index in [0.29, 0.717) is 37.4 Å². The van der Waals surface area contributed by atoms with Gasteiger partial charge in [0.2, 0.25) is 0 Å². The summed E-state index contributed by atoms with van der Waals surface area (Å²) < 4.78 is 13.5. The third-order valence-corrected chi connectivity index (χ3v) is 7.41. The van der Waals surface area contributed by atoms with Crippen LogP contribution in [0.15, 0.2) is 40.8 Å². The minimum absolute atomic E-state index is 0.0318. The van der Waals surface area contributed by atoms with Gasteiger partial charge < -0.3 is 19.0 Å². The molecule has 3 rings (SSSR count). The van der Waals surface area contributed by atoms with E-state index in [4.69, 9.17) is 9.15 Å². The minimum Gasteiger partial charge on any atom is -0.633 e. The fourth-order valence-corrected chi connectivity index (χ4v) is 5.77. The van der Waals surface area contributed by atoms with Crippen LogP contribution in [0.4, 0.5) is 0 Å². The highest BCUT2D eigenvalue weighted by Gasteiger charge is 2.23. The van der Waals surface area contributed by atoms with Gasteiger partial charge in [0, 0.05) is 17.4 Å². The summed E-state index contributed by atoms with van der Waals surface area (Å²) in [5.74, 6) is 1.45. The predicted molar refractivity (Wildman–Crippen MR) is 145 cm³/mol. The number of halogens is 2. The molecule has 1 aromatic heterocycles. The highest BCUT2D eigenvalue weighted by atomic mass is 127. The molecular formula is C25H29I2NO4. The number of rotatable bonds is 11. The number of hydrogen-bond donors (Lipinski definition) is 0. The Hall–Kier alpha value is -1.17. The van der Waals surface area contributed by atoms with E-state index in [1.54, 1.807) is 0 Å². The summed E-state index contributed by atoms with van der Waals surface area (Å²) >= 11 is 4.41. The van der Waals surface area contributed by atoms with Crippen molar-refractivity contribution in [1.82, 2.24) is 0 Å². The van der Waals surface area contributed by atoms with Crippen molar-refractivity contribution in [3.05, 3.63) is 65.6 Å². The van der Waals surface area contributed by atoms with Crippen molar-refractivity contribution in [2.24, 2.45) is 0 Å². The first kappa shape index (κ1) is 25.5. The number of ketones is 1. The van der Waals surface area contributed by atoms with Crippen molar-refractivity contribution in [1.29, 1.82) is 0 Å². The molecule has 7 heteroatoms. The number of furan rings is 1. The summed E-state index contributed by atoms with van der Waals surface area (Å²) in [6.07, 6.45) is 2.74. The van der Waals surface area contributed by atoms with E-state index in [2.05, 4.69) is 52.1 Å². The third-order valence-electron chi connectivity index (χ3n) is 5.81. The van der Waals surface area contributed by atoms with E-state index < -0.39 is 0 Å². The maximum atomic E-state index is 13.6. The standard InChI is InChI=1S/C25H29I2NO4/c1-4-7-11-22-23(18-10-8-9-12-21(18)32-22)24(29)17-15-19(26)25(20(27)16-17)31-14-13-28(30,5-2)6-3/h8-10,12,15-16H,4-7,11,13-14H2,1-3H3. The van der Waals surface area contributed by atoms with Crippen LogP contribution in [0.3, 0.4) is 0 Å². The maximum absolute atomic E-state index is 13.6. The lowest BCUT2D eigenvalue weighted by molar-refractivity contribution is -0.877. The van der Waals surface area contributed by atoms with Crippen LogP contribution >= 0.6 is 45.2 Å². The van der Waals surface area contributed by atoms with Crippen LogP contribution in [-0.2, 0) is 6.42 Å². The molecule has 0 bridgehead atoms. The van der Waals surface area contributed by atoms with Gasteiger partial charge in [-0.25, -0.2) is 0 Å².